The summed E-state index contributed by atoms with van der Waals surface area (Å²) in [6.07, 6.45) is 2.71. The van der Waals surface area contributed by atoms with E-state index in [2.05, 4.69) is 42.9 Å². The summed E-state index contributed by atoms with van der Waals surface area (Å²) in [6.45, 7) is 13.4. The lowest BCUT2D eigenvalue weighted by Crippen LogP contribution is -2.40. The van der Waals surface area contributed by atoms with Gasteiger partial charge in [0.2, 0.25) is 0 Å². The first-order valence-electron chi connectivity index (χ1n) is 7.43. The van der Waals surface area contributed by atoms with Gasteiger partial charge in [0.15, 0.2) is 0 Å². The summed E-state index contributed by atoms with van der Waals surface area (Å²) in [5, 5.41) is 4.78. The molecule has 1 aromatic rings. The molecule has 1 N–H and O–H groups in total. The number of aryl methyl sites for hydroxylation is 2. The van der Waals surface area contributed by atoms with Crippen LogP contribution >= 0.6 is 11.3 Å². The first-order valence-corrected chi connectivity index (χ1v) is 8.25. The Bertz CT molecular complexity index is 400. The third-order valence-corrected chi connectivity index (χ3v) is 4.84. The molecule has 1 saturated heterocycles. The highest BCUT2D eigenvalue weighted by molar-refractivity contribution is 7.11. The van der Waals surface area contributed by atoms with Crippen molar-refractivity contribution in [2.75, 3.05) is 19.6 Å². The van der Waals surface area contributed by atoms with Gasteiger partial charge in [0.05, 0.1) is 10.7 Å². The number of hydrogen-bond donors (Lipinski definition) is 1. The normalized spacial score (nSPS) is 21.2. The van der Waals surface area contributed by atoms with Crippen LogP contribution in [-0.2, 0) is 6.54 Å². The lowest BCUT2D eigenvalue weighted by molar-refractivity contribution is 0.165. The molecule has 0 spiro atoms. The van der Waals surface area contributed by atoms with Crippen molar-refractivity contribution in [1.29, 1.82) is 0 Å². The van der Waals surface area contributed by atoms with Crippen LogP contribution in [0.5, 0.6) is 0 Å². The minimum absolute atomic E-state index is 0.599. The zero-order valence-electron chi connectivity index (χ0n) is 12.7. The van der Waals surface area contributed by atoms with Crippen LogP contribution in [0.3, 0.4) is 0 Å². The molecule has 0 aliphatic carbocycles. The number of piperidine rings is 1. The Kier molecular flexibility index (Phi) is 5.37. The molecule has 1 unspecified atom stereocenters. The van der Waals surface area contributed by atoms with Crippen LogP contribution in [0.15, 0.2) is 0 Å². The van der Waals surface area contributed by atoms with Gasteiger partial charge in [-0.25, -0.2) is 4.98 Å². The van der Waals surface area contributed by atoms with Crippen LogP contribution < -0.4 is 5.32 Å². The van der Waals surface area contributed by atoms with Crippen molar-refractivity contribution in [3.05, 3.63) is 15.6 Å². The molecule has 1 aromatic heterocycles. The number of rotatable bonds is 5. The molecule has 19 heavy (non-hydrogen) atoms. The maximum atomic E-state index is 4.53. The third-order valence-electron chi connectivity index (χ3n) is 3.78. The molecule has 0 saturated carbocycles. The Morgan fingerprint density at radius 2 is 2.21 bits per heavy atom. The quantitative estimate of drug-likeness (QED) is 0.899. The van der Waals surface area contributed by atoms with E-state index in [4.69, 9.17) is 0 Å². The van der Waals surface area contributed by atoms with E-state index in [0.29, 0.717) is 6.04 Å². The molecule has 108 valence electrons. The standard InChI is InChI=1S/C15H27N3S/c1-11(2)16-8-14-6-5-7-18(9-14)10-15-12(3)17-13(4)19-15/h11,14,16H,5-10H2,1-4H3. The van der Waals surface area contributed by atoms with Gasteiger partial charge in [-0.1, -0.05) is 13.8 Å². The highest BCUT2D eigenvalue weighted by atomic mass is 32.1. The smallest absolute Gasteiger partial charge is 0.0900 e. The summed E-state index contributed by atoms with van der Waals surface area (Å²) >= 11 is 1.86. The molecule has 1 aliphatic heterocycles. The molecule has 2 heterocycles. The largest absolute Gasteiger partial charge is 0.314 e. The van der Waals surface area contributed by atoms with Gasteiger partial charge < -0.3 is 5.32 Å². The van der Waals surface area contributed by atoms with Gasteiger partial charge in [-0.15, -0.1) is 11.3 Å². The van der Waals surface area contributed by atoms with Gasteiger partial charge >= 0.3 is 0 Å². The van der Waals surface area contributed by atoms with E-state index in [9.17, 15) is 0 Å². The zero-order chi connectivity index (χ0) is 13.8. The summed E-state index contributed by atoms with van der Waals surface area (Å²) in [6, 6.07) is 0.599. The summed E-state index contributed by atoms with van der Waals surface area (Å²) in [5.74, 6) is 0.811. The first kappa shape index (κ1) is 14.9. The molecule has 0 radical (unpaired) electrons. The predicted octanol–water partition coefficient (Wildman–Crippen LogP) is 2.97. The highest BCUT2D eigenvalue weighted by Gasteiger charge is 2.21. The molecule has 2 rings (SSSR count). The van der Waals surface area contributed by atoms with E-state index < -0.39 is 0 Å². The van der Waals surface area contributed by atoms with Crippen LogP contribution in [0.2, 0.25) is 0 Å². The Balaban J connectivity index is 1.85. The molecule has 1 atom stereocenters. The van der Waals surface area contributed by atoms with Gasteiger partial charge in [0, 0.05) is 24.0 Å². The lowest BCUT2D eigenvalue weighted by Gasteiger charge is -2.33. The second-order valence-electron chi connectivity index (χ2n) is 6.05. The zero-order valence-corrected chi connectivity index (χ0v) is 13.5. The van der Waals surface area contributed by atoms with Gasteiger partial charge in [0.25, 0.3) is 0 Å². The van der Waals surface area contributed by atoms with Crippen molar-refractivity contribution in [2.24, 2.45) is 5.92 Å². The van der Waals surface area contributed by atoms with E-state index in [-0.39, 0.29) is 0 Å². The van der Waals surface area contributed by atoms with Crippen LogP contribution in [-0.4, -0.2) is 35.6 Å². The topological polar surface area (TPSA) is 28.2 Å². The monoisotopic (exact) mass is 281 g/mol. The molecule has 0 amide bonds. The van der Waals surface area contributed by atoms with Crippen molar-refractivity contribution in [3.8, 4) is 0 Å². The second kappa shape index (κ2) is 6.82. The Morgan fingerprint density at radius 1 is 1.42 bits per heavy atom. The molecule has 1 fully saturated rings. The number of aromatic nitrogens is 1. The maximum absolute atomic E-state index is 4.53. The first-order chi connectivity index (χ1) is 9.04. The second-order valence-corrected chi connectivity index (χ2v) is 7.34. The number of thiazole rings is 1. The molecular formula is C15H27N3S. The van der Waals surface area contributed by atoms with E-state index in [1.54, 1.807) is 0 Å². The molecule has 1 aliphatic rings. The average molecular weight is 281 g/mol. The molecule has 0 bridgehead atoms. The minimum Gasteiger partial charge on any atom is -0.314 e. The Morgan fingerprint density at radius 3 is 2.84 bits per heavy atom. The van der Waals surface area contributed by atoms with Gasteiger partial charge in [-0.05, 0) is 45.7 Å². The van der Waals surface area contributed by atoms with Crippen LogP contribution in [0.25, 0.3) is 0 Å². The fourth-order valence-electron chi connectivity index (χ4n) is 2.79. The Hall–Kier alpha value is -0.450. The van der Waals surface area contributed by atoms with Gasteiger partial charge in [-0.3, -0.25) is 4.90 Å². The van der Waals surface area contributed by atoms with Crippen LogP contribution in [0, 0.1) is 19.8 Å². The lowest BCUT2D eigenvalue weighted by atomic mass is 9.97. The van der Waals surface area contributed by atoms with Crippen molar-refractivity contribution < 1.29 is 0 Å². The van der Waals surface area contributed by atoms with Crippen molar-refractivity contribution in [1.82, 2.24) is 15.2 Å². The SMILES string of the molecule is Cc1nc(C)c(CN2CCCC(CNC(C)C)C2)s1. The maximum Gasteiger partial charge on any atom is 0.0900 e. The summed E-state index contributed by atoms with van der Waals surface area (Å²) in [5.41, 5.74) is 1.23. The van der Waals surface area contributed by atoms with Crippen molar-refractivity contribution in [3.63, 3.8) is 0 Å². The number of hydrogen-bond acceptors (Lipinski definition) is 4. The minimum atomic E-state index is 0.599. The van der Waals surface area contributed by atoms with Crippen LogP contribution in [0.1, 0.15) is 42.3 Å². The third kappa shape index (κ3) is 4.55. The molecule has 4 heteroatoms. The molecule has 3 nitrogen and oxygen atoms in total. The van der Waals surface area contributed by atoms with Gasteiger partial charge in [-0.2, -0.15) is 0 Å². The summed E-state index contributed by atoms with van der Waals surface area (Å²) < 4.78 is 0. The van der Waals surface area contributed by atoms with Gasteiger partial charge in [0.1, 0.15) is 0 Å². The fraction of sp³-hybridized carbons (Fsp3) is 0.800. The molecular weight excluding hydrogens is 254 g/mol. The summed E-state index contributed by atoms with van der Waals surface area (Å²) in [7, 11) is 0. The van der Waals surface area contributed by atoms with Crippen molar-refractivity contribution >= 4 is 11.3 Å². The Labute approximate surface area is 121 Å². The summed E-state index contributed by atoms with van der Waals surface area (Å²) in [4.78, 5) is 8.60. The van der Waals surface area contributed by atoms with Crippen LogP contribution in [0.4, 0.5) is 0 Å². The average Bonchev–Trinajstić information content (AvgIpc) is 2.66. The number of likely N-dealkylation sites (tertiary alicyclic amines) is 1. The number of nitrogens with zero attached hydrogens (tertiary/aromatic N) is 2. The fourth-order valence-corrected chi connectivity index (χ4v) is 3.77. The molecule has 0 aromatic carbocycles. The van der Waals surface area contributed by atoms with E-state index >= 15 is 0 Å². The van der Waals surface area contributed by atoms with Crippen molar-refractivity contribution in [2.45, 2.75) is 53.1 Å². The predicted molar refractivity (Wildman–Crippen MR) is 82.7 cm³/mol. The highest BCUT2D eigenvalue weighted by Crippen LogP contribution is 2.23. The van der Waals surface area contributed by atoms with E-state index in [1.165, 1.54) is 41.5 Å². The van der Waals surface area contributed by atoms with E-state index in [0.717, 1.165) is 19.0 Å². The number of nitrogens with one attached hydrogen (secondary N) is 1. The van der Waals surface area contributed by atoms with E-state index in [1.807, 2.05) is 11.3 Å².